The van der Waals surface area contributed by atoms with Crippen LogP contribution in [0.5, 0.6) is 0 Å². The van der Waals surface area contributed by atoms with Crippen LogP contribution in [0.4, 0.5) is 0 Å². The lowest BCUT2D eigenvalue weighted by atomic mass is 10.0. The molecule has 3 saturated heterocycles. The summed E-state index contributed by atoms with van der Waals surface area (Å²) in [6, 6.07) is 0. The lowest BCUT2D eigenvalue weighted by Gasteiger charge is -2.46. The molecule has 3 heterocycles. The molecule has 0 aromatic rings. The summed E-state index contributed by atoms with van der Waals surface area (Å²) >= 11 is 0. The summed E-state index contributed by atoms with van der Waals surface area (Å²) in [5.74, 6) is 0.833. The minimum atomic E-state index is 0. The number of rotatable bonds is 0. The van der Waals surface area contributed by atoms with E-state index in [2.05, 4.69) is 151 Å². The van der Waals surface area contributed by atoms with E-state index < -0.39 is 0 Å². The summed E-state index contributed by atoms with van der Waals surface area (Å²) in [5.41, 5.74) is 1.99. The van der Waals surface area contributed by atoms with Crippen LogP contribution in [-0.2, 0) is 0 Å². The highest BCUT2D eigenvalue weighted by atomic mass is 15.3. The molecule has 0 unspecified atom stereocenters. The molecule has 4 nitrogen and oxygen atoms in total. The van der Waals surface area contributed by atoms with E-state index in [4.69, 9.17) is 0 Å². The van der Waals surface area contributed by atoms with E-state index in [1.54, 1.807) is 0 Å². The molecule has 4 heteroatoms. The first-order chi connectivity index (χ1) is 18.7. The van der Waals surface area contributed by atoms with Gasteiger partial charge in [-0.25, -0.2) is 0 Å². The van der Waals surface area contributed by atoms with E-state index in [1.165, 1.54) is 84.5 Å². The van der Waals surface area contributed by atoms with Crippen LogP contribution in [-0.4, -0.2) is 94.1 Å². The van der Waals surface area contributed by atoms with Gasteiger partial charge in [0.05, 0.1) is 0 Å². The maximum Gasteiger partial charge on any atom is 0.0126 e. The molecule has 3 rings (SSSR count). The molecular formula is C39H88N4. The second kappa shape index (κ2) is 20.9. The van der Waals surface area contributed by atoms with Crippen molar-refractivity contribution >= 4 is 0 Å². The second-order valence-corrected chi connectivity index (χ2v) is 19.1. The highest BCUT2D eigenvalue weighted by molar-refractivity contribution is 4.86. The molecule has 0 aromatic carbocycles. The van der Waals surface area contributed by atoms with Crippen LogP contribution in [0.1, 0.15) is 171 Å². The molecule has 0 aliphatic carbocycles. The van der Waals surface area contributed by atoms with E-state index in [0.717, 1.165) is 5.92 Å². The number of piperidine rings is 1. The van der Waals surface area contributed by atoms with Crippen molar-refractivity contribution in [2.24, 2.45) is 11.3 Å². The van der Waals surface area contributed by atoms with Gasteiger partial charge in [-0.05, 0) is 146 Å². The average molecular weight is 613 g/mol. The van der Waals surface area contributed by atoms with Crippen molar-refractivity contribution < 1.29 is 0 Å². The first-order valence-corrected chi connectivity index (χ1v) is 17.7. The largest absolute Gasteiger partial charge is 0.298 e. The normalized spacial score (nSPS) is 19.8. The molecule has 3 aliphatic heterocycles. The lowest BCUT2D eigenvalue weighted by molar-refractivity contribution is 0.0211. The third-order valence-electron chi connectivity index (χ3n) is 7.54. The van der Waals surface area contributed by atoms with Gasteiger partial charge in [-0.2, -0.15) is 0 Å². The molecule has 0 N–H and O–H groups in total. The van der Waals surface area contributed by atoms with Crippen molar-refractivity contribution in [3.63, 3.8) is 0 Å². The van der Waals surface area contributed by atoms with Gasteiger partial charge >= 0.3 is 0 Å². The van der Waals surface area contributed by atoms with Crippen molar-refractivity contribution in [1.29, 1.82) is 0 Å². The number of piperazine rings is 1. The minimum absolute atomic E-state index is 0. The van der Waals surface area contributed by atoms with Crippen LogP contribution in [0.2, 0.25) is 0 Å². The van der Waals surface area contributed by atoms with Gasteiger partial charge < -0.3 is 0 Å². The van der Waals surface area contributed by atoms with Gasteiger partial charge in [0.15, 0.2) is 0 Å². The van der Waals surface area contributed by atoms with Gasteiger partial charge in [0, 0.05) is 48.3 Å². The SMILES string of the molecule is C.CC(C)(C)C.CC(C)(C)N1CCCC1.CC(C)(C)N1CCCCC1.CC(C)(C)N1CCN(C(C)(C)C)CC1.CC(C)C. The monoisotopic (exact) mass is 613 g/mol. The smallest absolute Gasteiger partial charge is 0.0126 e. The Morgan fingerprint density at radius 3 is 0.605 bits per heavy atom. The Hall–Kier alpha value is -0.160. The third kappa shape index (κ3) is 27.8. The molecule has 0 spiro atoms. The van der Waals surface area contributed by atoms with Crippen LogP contribution in [0.25, 0.3) is 0 Å². The van der Waals surface area contributed by atoms with Crippen LogP contribution in [0.3, 0.4) is 0 Å². The first kappa shape index (κ1) is 47.2. The molecular weight excluding hydrogens is 524 g/mol. The molecule has 0 atom stereocenters. The topological polar surface area (TPSA) is 13.0 Å². The Kier molecular flexibility index (Phi) is 22.9. The highest BCUT2D eigenvalue weighted by Crippen LogP contribution is 2.21. The zero-order valence-electron chi connectivity index (χ0n) is 33.1. The number of hydrogen-bond donors (Lipinski definition) is 0. The molecule has 0 amide bonds. The molecule has 0 saturated carbocycles. The Balaban J connectivity index is -0.000000493. The van der Waals surface area contributed by atoms with Gasteiger partial charge in [0.25, 0.3) is 0 Å². The molecule has 3 aliphatic rings. The van der Waals surface area contributed by atoms with E-state index in [-0.39, 0.29) is 7.43 Å². The predicted molar refractivity (Wildman–Crippen MR) is 201 cm³/mol. The predicted octanol–water partition coefficient (Wildman–Crippen LogP) is 10.7. The zero-order valence-corrected chi connectivity index (χ0v) is 33.1. The number of hydrogen-bond acceptors (Lipinski definition) is 4. The first-order valence-electron chi connectivity index (χ1n) is 17.7. The second-order valence-electron chi connectivity index (χ2n) is 19.1. The molecule has 0 bridgehead atoms. The quantitative estimate of drug-likeness (QED) is 0.270. The van der Waals surface area contributed by atoms with E-state index >= 15 is 0 Å². The van der Waals surface area contributed by atoms with Gasteiger partial charge in [-0.15, -0.1) is 0 Å². The van der Waals surface area contributed by atoms with E-state index in [9.17, 15) is 0 Å². The van der Waals surface area contributed by atoms with Crippen molar-refractivity contribution in [3.05, 3.63) is 0 Å². The van der Waals surface area contributed by atoms with Gasteiger partial charge in [0.1, 0.15) is 0 Å². The lowest BCUT2D eigenvalue weighted by Crippen LogP contribution is -2.57. The molecule has 0 radical (unpaired) electrons. The van der Waals surface area contributed by atoms with Gasteiger partial charge in [0.2, 0.25) is 0 Å². The zero-order chi connectivity index (χ0) is 33.6. The van der Waals surface area contributed by atoms with Crippen LogP contribution >= 0.6 is 0 Å². The molecule has 264 valence electrons. The van der Waals surface area contributed by atoms with Gasteiger partial charge in [-0.1, -0.05) is 62.3 Å². The Morgan fingerprint density at radius 2 is 0.465 bits per heavy atom. The summed E-state index contributed by atoms with van der Waals surface area (Å²) in [7, 11) is 0. The summed E-state index contributed by atoms with van der Waals surface area (Å²) in [6.45, 7) is 52.9. The fraction of sp³-hybridized carbons (Fsp3) is 1.00. The van der Waals surface area contributed by atoms with Crippen molar-refractivity contribution in [2.45, 2.75) is 193 Å². The Labute approximate surface area is 276 Å². The third-order valence-corrected chi connectivity index (χ3v) is 7.54. The molecule has 43 heavy (non-hydrogen) atoms. The molecule has 3 fully saturated rings. The minimum Gasteiger partial charge on any atom is -0.298 e. The Morgan fingerprint density at radius 1 is 0.326 bits per heavy atom. The maximum absolute atomic E-state index is 2.58. The van der Waals surface area contributed by atoms with Crippen molar-refractivity contribution in [2.75, 3.05) is 52.4 Å². The molecule has 0 aromatic heterocycles. The van der Waals surface area contributed by atoms with Crippen LogP contribution in [0.15, 0.2) is 0 Å². The highest BCUT2D eigenvalue weighted by Gasteiger charge is 2.30. The summed E-state index contributed by atoms with van der Waals surface area (Å²) in [5, 5.41) is 0. The summed E-state index contributed by atoms with van der Waals surface area (Å²) in [6.07, 6.45) is 7.04. The fourth-order valence-electron chi connectivity index (χ4n) is 5.00. The summed E-state index contributed by atoms with van der Waals surface area (Å²) in [4.78, 5) is 10.3. The summed E-state index contributed by atoms with van der Waals surface area (Å²) < 4.78 is 0. The van der Waals surface area contributed by atoms with E-state index in [0.29, 0.717) is 27.6 Å². The number of likely N-dealkylation sites (tertiary alicyclic amines) is 2. The van der Waals surface area contributed by atoms with Gasteiger partial charge in [-0.3, -0.25) is 19.6 Å². The standard InChI is InChI=1S/C12H26N2.C9H19N.C8H17N.C5H12.C4H10.CH4/c1-11(2,3)13-7-9-14(10-8-13)12(4,5)6;1-9(2,3)10-7-5-4-6-8-10;1-8(2,3)9-6-4-5-7-9;1-5(2,3)4;1-4(2)3;/h7-10H2,1-6H3;4-8H2,1-3H3;4-7H2,1-3H3;1-4H3;4H,1-3H3;1H4. The number of nitrogens with zero attached hydrogens (tertiary/aromatic N) is 4. The van der Waals surface area contributed by atoms with E-state index in [1.807, 2.05) is 0 Å². The van der Waals surface area contributed by atoms with Crippen molar-refractivity contribution in [3.8, 4) is 0 Å². The maximum atomic E-state index is 2.58. The van der Waals surface area contributed by atoms with Crippen LogP contribution < -0.4 is 0 Å². The fourth-order valence-corrected chi connectivity index (χ4v) is 5.00. The van der Waals surface area contributed by atoms with Crippen molar-refractivity contribution in [1.82, 2.24) is 19.6 Å². The average Bonchev–Trinajstić information content (AvgIpc) is 3.33. The Bertz CT molecular complexity index is 598. The van der Waals surface area contributed by atoms with Crippen LogP contribution in [0, 0.1) is 11.3 Å².